The first-order chi connectivity index (χ1) is 6.83. The van der Waals surface area contributed by atoms with E-state index in [9.17, 15) is 4.79 Å². The summed E-state index contributed by atoms with van der Waals surface area (Å²) in [6.07, 6.45) is 5.42. The quantitative estimate of drug-likeness (QED) is 0.723. The van der Waals surface area contributed by atoms with Gasteiger partial charge < -0.3 is 9.88 Å². The zero-order valence-corrected chi connectivity index (χ0v) is 8.36. The second-order valence-electron chi connectivity index (χ2n) is 3.58. The Morgan fingerprint density at radius 2 is 2.64 bits per heavy atom. The molecule has 76 valence electrons. The van der Waals surface area contributed by atoms with Crippen LogP contribution in [0.2, 0.25) is 0 Å². The molecule has 4 heteroatoms. The van der Waals surface area contributed by atoms with Crippen molar-refractivity contribution in [3.8, 4) is 0 Å². The van der Waals surface area contributed by atoms with E-state index < -0.39 is 0 Å². The van der Waals surface area contributed by atoms with Gasteiger partial charge in [-0.2, -0.15) is 0 Å². The smallest absolute Gasteiger partial charge is 0.197 e. The lowest BCUT2D eigenvalue weighted by Crippen LogP contribution is -2.32. The lowest BCUT2D eigenvalue weighted by Gasteiger charge is -2.09. The molecule has 1 atom stereocenters. The lowest BCUT2D eigenvalue weighted by molar-refractivity contribution is 0.0943. The highest BCUT2D eigenvalue weighted by atomic mass is 16.1. The van der Waals surface area contributed by atoms with E-state index in [-0.39, 0.29) is 11.8 Å². The molecular weight excluding hydrogens is 178 g/mol. The van der Waals surface area contributed by atoms with Crippen molar-refractivity contribution >= 4 is 5.78 Å². The fourth-order valence-corrected chi connectivity index (χ4v) is 1.86. The molecule has 1 aromatic heterocycles. The number of nitrogens with zero attached hydrogens (tertiary/aromatic N) is 2. The molecule has 1 unspecified atom stereocenters. The molecule has 1 aliphatic heterocycles. The van der Waals surface area contributed by atoms with Gasteiger partial charge in [-0.05, 0) is 26.3 Å². The van der Waals surface area contributed by atoms with Gasteiger partial charge in [0.2, 0.25) is 0 Å². The number of hydrogen-bond acceptors (Lipinski definition) is 3. The molecule has 2 heterocycles. The molecule has 0 spiro atoms. The highest BCUT2D eigenvalue weighted by Gasteiger charge is 2.25. The molecular formula is C10H15N3O. The molecule has 1 saturated heterocycles. The normalized spacial score (nSPS) is 21.4. The zero-order valence-electron chi connectivity index (χ0n) is 8.36. The van der Waals surface area contributed by atoms with Crippen LogP contribution in [0.25, 0.3) is 0 Å². The summed E-state index contributed by atoms with van der Waals surface area (Å²) in [5.74, 6) is 0.182. The Kier molecular flexibility index (Phi) is 2.63. The number of aromatic nitrogens is 2. The number of rotatable bonds is 3. The molecule has 0 bridgehead atoms. The molecule has 1 aromatic rings. The molecule has 2 rings (SSSR count). The minimum Gasteiger partial charge on any atom is -0.328 e. The summed E-state index contributed by atoms with van der Waals surface area (Å²) in [6, 6.07) is 0.0111. The van der Waals surface area contributed by atoms with E-state index in [1.54, 1.807) is 12.5 Å². The van der Waals surface area contributed by atoms with Gasteiger partial charge in [0.1, 0.15) is 5.69 Å². The molecule has 0 aromatic carbocycles. The summed E-state index contributed by atoms with van der Waals surface area (Å²) in [7, 11) is 0. The van der Waals surface area contributed by atoms with Crippen LogP contribution in [0.5, 0.6) is 0 Å². The van der Waals surface area contributed by atoms with Gasteiger partial charge in [-0.3, -0.25) is 4.79 Å². The summed E-state index contributed by atoms with van der Waals surface area (Å²) in [5, 5.41) is 3.21. The van der Waals surface area contributed by atoms with E-state index in [1.807, 2.05) is 11.5 Å². The van der Waals surface area contributed by atoms with Gasteiger partial charge in [-0.15, -0.1) is 0 Å². The van der Waals surface area contributed by atoms with Gasteiger partial charge >= 0.3 is 0 Å². The molecule has 0 saturated carbocycles. The SMILES string of the molecule is CCn1cncc1C(=O)C1CCCN1. The number of Topliss-reactive ketones (excluding diaryl/α,β-unsaturated/α-hetero) is 1. The highest BCUT2D eigenvalue weighted by molar-refractivity contribution is 5.98. The predicted octanol–water partition coefficient (Wildman–Crippen LogP) is 0.838. The maximum Gasteiger partial charge on any atom is 0.197 e. The van der Waals surface area contributed by atoms with Crippen LogP contribution in [0.15, 0.2) is 12.5 Å². The van der Waals surface area contributed by atoms with E-state index in [4.69, 9.17) is 0 Å². The number of nitrogens with one attached hydrogen (secondary N) is 1. The molecule has 0 amide bonds. The van der Waals surface area contributed by atoms with Crippen molar-refractivity contribution in [2.45, 2.75) is 32.4 Å². The first kappa shape index (κ1) is 9.40. The molecule has 0 radical (unpaired) electrons. The van der Waals surface area contributed by atoms with Crippen LogP contribution in [-0.2, 0) is 6.54 Å². The maximum atomic E-state index is 12.0. The Hall–Kier alpha value is -1.16. The summed E-state index contributed by atoms with van der Waals surface area (Å²) < 4.78 is 1.89. The Balaban J connectivity index is 2.17. The number of carbonyl (C=O) groups excluding carboxylic acids is 1. The van der Waals surface area contributed by atoms with Gasteiger partial charge in [-0.25, -0.2) is 4.98 Å². The summed E-state index contributed by atoms with van der Waals surface area (Å²) in [6.45, 7) is 3.77. The van der Waals surface area contributed by atoms with Crippen LogP contribution >= 0.6 is 0 Å². The Labute approximate surface area is 83.3 Å². The Morgan fingerprint density at radius 3 is 3.29 bits per heavy atom. The second kappa shape index (κ2) is 3.92. The van der Waals surface area contributed by atoms with E-state index in [1.165, 1.54) is 0 Å². The monoisotopic (exact) mass is 193 g/mol. The van der Waals surface area contributed by atoms with Gasteiger partial charge in [0.05, 0.1) is 18.6 Å². The number of ketones is 1. The third-order valence-corrected chi connectivity index (χ3v) is 2.68. The predicted molar refractivity (Wildman–Crippen MR) is 53.3 cm³/mol. The Morgan fingerprint density at radius 1 is 1.79 bits per heavy atom. The fourth-order valence-electron chi connectivity index (χ4n) is 1.86. The van der Waals surface area contributed by atoms with Crippen LogP contribution in [0, 0.1) is 0 Å². The second-order valence-corrected chi connectivity index (χ2v) is 3.58. The van der Waals surface area contributed by atoms with Gasteiger partial charge in [-0.1, -0.05) is 0 Å². The van der Waals surface area contributed by atoms with Crippen molar-refractivity contribution in [1.29, 1.82) is 0 Å². The van der Waals surface area contributed by atoms with E-state index in [2.05, 4.69) is 10.3 Å². The van der Waals surface area contributed by atoms with Crippen LogP contribution in [-0.4, -0.2) is 27.9 Å². The third kappa shape index (κ3) is 1.57. The largest absolute Gasteiger partial charge is 0.328 e. The standard InChI is InChI=1S/C10H15N3O/c1-2-13-7-11-6-9(13)10(14)8-4-3-5-12-8/h6-8,12H,2-5H2,1H3. The van der Waals surface area contributed by atoms with Crippen molar-refractivity contribution in [2.24, 2.45) is 0 Å². The average Bonchev–Trinajstić information content (AvgIpc) is 2.87. The summed E-state index contributed by atoms with van der Waals surface area (Å²) in [4.78, 5) is 16.0. The van der Waals surface area contributed by atoms with Crippen LogP contribution < -0.4 is 5.32 Å². The molecule has 0 aliphatic carbocycles. The third-order valence-electron chi connectivity index (χ3n) is 2.68. The van der Waals surface area contributed by atoms with E-state index in [0.29, 0.717) is 0 Å². The highest BCUT2D eigenvalue weighted by Crippen LogP contribution is 2.11. The topological polar surface area (TPSA) is 46.9 Å². The number of carbonyl (C=O) groups is 1. The van der Waals surface area contributed by atoms with Crippen molar-refractivity contribution < 1.29 is 4.79 Å². The van der Waals surface area contributed by atoms with Crippen LogP contribution in [0.3, 0.4) is 0 Å². The van der Waals surface area contributed by atoms with Crippen molar-refractivity contribution in [3.05, 3.63) is 18.2 Å². The molecule has 1 aliphatic rings. The van der Waals surface area contributed by atoms with Gasteiger partial charge in [0.15, 0.2) is 5.78 Å². The summed E-state index contributed by atoms with van der Waals surface area (Å²) >= 11 is 0. The number of hydrogen-bond donors (Lipinski definition) is 1. The van der Waals surface area contributed by atoms with Gasteiger partial charge in [0.25, 0.3) is 0 Å². The van der Waals surface area contributed by atoms with Crippen LogP contribution in [0.1, 0.15) is 30.3 Å². The molecule has 4 nitrogen and oxygen atoms in total. The Bertz CT molecular complexity index is 326. The van der Waals surface area contributed by atoms with E-state index >= 15 is 0 Å². The molecule has 1 fully saturated rings. The fraction of sp³-hybridized carbons (Fsp3) is 0.600. The maximum absolute atomic E-state index is 12.0. The number of imidazole rings is 1. The first-order valence-corrected chi connectivity index (χ1v) is 5.10. The van der Waals surface area contributed by atoms with Crippen molar-refractivity contribution in [2.75, 3.05) is 6.54 Å². The van der Waals surface area contributed by atoms with E-state index in [0.717, 1.165) is 31.6 Å². The van der Waals surface area contributed by atoms with Crippen molar-refractivity contribution in [3.63, 3.8) is 0 Å². The molecule has 1 N–H and O–H groups in total. The average molecular weight is 193 g/mol. The van der Waals surface area contributed by atoms with Crippen LogP contribution in [0.4, 0.5) is 0 Å². The number of aryl methyl sites for hydroxylation is 1. The first-order valence-electron chi connectivity index (χ1n) is 5.10. The minimum atomic E-state index is 0.0111. The van der Waals surface area contributed by atoms with Gasteiger partial charge in [0, 0.05) is 6.54 Å². The molecule has 14 heavy (non-hydrogen) atoms. The van der Waals surface area contributed by atoms with Crippen molar-refractivity contribution in [1.82, 2.24) is 14.9 Å². The lowest BCUT2D eigenvalue weighted by atomic mass is 10.1. The zero-order chi connectivity index (χ0) is 9.97. The minimum absolute atomic E-state index is 0.0111. The summed E-state index contributed by atoms with van der Waals surface area (Å²) in [5.41, 5.74) is 0.729.